The molecule has 38 heavy (non-hydrogen) atoms. The summed E-state index contributed by atoms with van der Waals surface area (Å²) in [6.07, 6.45) is 5.17. The Labute approximate surface area is 232 Å². The smallest absolute Gasteiger partial charge is 0.326 e. The number of guanidine groups is 1. The Morgan fingerprint density at radius 2 is 1.74 bits per heavy atom. The number of benzene rings is 2. The lowest BCUT2D eigenvalue weighted by molar-refractivity contribution is -0.139. The van der Waals surface area contributed by atoms with Crippen molar-refractivity contribution in [3.8, 4) is 0 Å². The molecular weight excluding hydrogens is 527 g/mol. The van der Waals surface area contributed by atoms with Crippen molar-refractivity contribution in [1.29, 1.82) is 0 Å². The standard InChI is InChI=1S/C28H32Cl2N4O4/c29-21-6-2-7-22(30)25(21)26(36)34-23(27(37)38)14-17-8-10-18(11-9-17)15-24(35)19-4-1-5-20(16-19)33-28-31-12-3-13-32-28/h2,6-11,19-20,23H,1,3-5,12-16H2,(H,34,36)(H,37,38)(H2,31,32,33)/t19-,20+,23-/m0/s1. The van der Waals surface area contributed by atoms with Crippen molar-refractivity contribution in [2.24, 2.45) is 10.9 Å². The number of aliphatic carboxylic acids is 1. The van der Waals surface area contributed by atoms with E-state index >= 15 is 0 Å². The number of halogens is 2. The maximum atomic E-state index is 13.0. The first-order valence-electron chi connectivity index (χ1n) is 12.9. The van der Waals surface area contributed by atoms with E-state index < -0.39 is 17.9 Å². The van der Waals surface area contributed by atoms with Gasteiger partial charge in [0.15, 0.2) is 5.96 Å². The van der Waals surface area contributed by atoms with Crippen LogP contribution in [0.1, 0.15) is 53.6 Å². The minimum Gasteiger partial charge on any atom is -0.480 e. The third-order valence-electron chi connectivity index (χ3n) is 7.00. The number of hydrogen-bond acceptors (Lipinski definition) is 6. The van der Waals surface area contributed by atoms with Crippen LogP contribution in [0.2, 0.25) is 10.0 Å². The van der Waals surface area contributed by atoms with E-state index in [1.165, 1.54) is 12.1 Å². The molecule has 0 radical (unpaired) electrons. The van der Waals surface area contributed by atoms with Crippen LogP contribution in [0.4, 0.5) is 0 Å². The number of carbonyl (C=O) groups is 3. The number of ketones is 1. The number of Topliss-reactive ketones (excluding diaryl/α,β-unsaturated/α-hetero) is 1. The third-order valence-corrected chi connectivity index (χ3v) is 7.63. The van der Waals surface area contributed by atoms with E-state index in [1.54, 1.807) is 18.2 Å². The van der Waals surface area contributed by atoms with Gasteiger partial charge in [0.25, 0.3) is 5.91 Å². The molecule has 2 aliphatic rings. The monoisotopic (exact) mass is 558 g/mol. The van der Waals surface area contributed by atoms with E-state index in [-0.39, 0.29) is 39.8 Å². The first-order valence-corrected chi connectivity index (χ1v) is 13.7. The molecule has 4 N–H and O–H groups in total. The summed E-state index contributed by atoms with van der Waals surface area (Å²) in [6.45, 7) is 1.75. The molecule has 1 heterocycles. The third kappa shape index (κ3) is 7.48. The minimum absolute atomic E-state index is 0.00774. The van der Waals surface area contributed by atoms with Gasteiger partial charge in [-0.3, -0.25) is 14.6 Å². The predicted molar refractivity (Wildman–Crippen MR) is 148 cm³/mol. The molecule has 3 atom stereocenters. The Morgan fingerprint density at radius 3 is 2.39 bits per heavy atom. The molecular formula is C28H32Cl2N4O4. The zero-order chi connectivity index (χ0) is 27.1. The van der Waals surface area contributed by atoms with E-state index in [0.29, 0.717) is 6.42 Å². The molecule has 8 nitrogen and oxygen atoms in total. The highest BCUT2D eigenvalue weighted by Crippen LogP contribution is 2.27. The fraction of sp³-hybridized carbons (Fsp3) is 0.429. The van der Waals surface area contributed by atoms with Crippen LogP contribution in [0.5, 0.6) is 0 Å². The summed E-state index contributed by atoms with van der Waals surface area (Å²) in [4.78, 5) is 42.0. The van der Waals surface area contributed by atoms with Crippen LogP contribution in [-0.2, 0) is 22.4 Å². The lowest BCUT2D eigenvalue weighted by Crippen LogP contribution is -2.47. The Hall–Kier alpha value is -3.10. The fourth-order valence-corrected chi connectivity index (χ4v) is 5.52. The maximum Gasteiger partial charge on any atom is 0.326 e. The van der Waals surface area contributed by atoms with E-state index in [2.05, 4.69) is 20.9 Å². The zero-order valence-electron chi connectivity index (χ0n) is 21.0. The van der Waals surface area contributed by atoms with Gasteiger partial charge in [-0.2, -0.15) is 0 Å². The number of aliphatic imine (C=N–C) groups is 1. The number of hydrogen-bond donors (Lipinski definition) is 4. The quantitative estimate of drug-likeness (QED) is 0.369. The van der Waals surface area contributed by atoms with E-state index in [4.69, 9.17) is 23.2 Å². The molecule has 1 aliphatic carbocycles. The van der Waals surface area contributed by atoms with Gasteiger partial charge >= 0.3 is 5.97 Å². The molecule has 1 amide bonds. The summed E-state index contributed by atoms with van der Waals surface area (Å²) in [5.41, 5.74) is 1.65. The van der Waals surface area contributed by atoms with Crippen molar-refractivity contribution in [1.82, 2.24) is 16.0 Å². The van der Waals surface area contributed by atoms with Crippen LogP contribution in [-0.4, -0.2) is 53.9 Å². The molecule has 0 saturated heterocycles. The summed E-state index contributed by atoms with van der Waals surface area (Å²) >= 11 is 12.2. The average Bonchev–Trinajstić information content (AvgIpc) is 2.90. The van der Waals surface area contributed by atoms with Gasteiger partial charge < -0.3 is 21.1 Å². The van der Waals surface area contributed by atoms with Crippen molar-refractivity contribution < 1.29 is 19.5 Å². The zero-order valence-corrected chi connectivity index (χ0v) is 22.5. The van der Waals surface area contributed by atoms with Crippen LogP contribution in [0.15, 0.2) is 47.5 Å². The second-order valence-corrected chi connectivity index (χ2v) is 10.7. The van der Waals surface area contributed by atoms with Crippen LogP contribution >= 0.6 is 23.2 Å². The van der Waals surface area contributed by atoms with E-state index in [1.807, 2.05) is 12.1 Å². The highest BCUT2D eigenvalue weighted by atomic mass is 35.5. The normalized spacial score (nSPS) is 20.0. The van der Waals surface area contributed by atoms with Crippen molar-refractivity contribution >= 4 is 46.8 Å². The largest absolute Gasteiger partial charge is 0.480 e. The molecule has 1 saturated carbocycles. The van der Waals surface area contributed by atoms with Gasteiger partial charge in [-0.1, -0.05) is 60.0 Å². The van der Waals surface area contributed by atoms with Gasteiger partial charge in [0.05, 0.1) is 15.6 Å². The van der Waals surface area contributed by atoms with Crippen LogP contribution < -0.4 is 16.0 Å². The minimum atomic E-state index is -1.17. The highest BCUT2D eigenvalue weighted by molar-refractivity contribution is 6.39. The van der Waals surface area contributed by atoms with Gasteiger partial charge in [-0.15, -0.1) is 0 Å². The van der Waals surface area contributed by atoms with Crippen molar-refractivity contribution in [3.63, 3.8) is 0 Å². The molecule has 0 spiro atoms. The first-order chi connectivity index (χ1) is 18.3. The molecule has 0 unspecified atom stereocenters. The van der Waals surface area contributed by atoms with Gasteiger partial charge in [0.2, 0.25) is 0 Å². The predicted octanol–water partition coefficient (Wildman–Crippen LogP) is 4.03. The Balaban J connectivity index is 1.32. The summed E-state index contributed by atoms with van der Waals surface area (Å²) < 4.78 is 0. The topological polar surface area (TPSA) is 120 Å². The maximum absolute atomic E-state index is 13.0. The summed E-state index contributed by atoms with van der Waals surface area (Å²) in [5.74, 6) is -0.753. The molecule has 202 valence electrons. The average molecular weight is 559 g/mol. The molecule has 1 aliphatic heterocycles. The van der Waals surface area contributed by atoms with E-state index in [9.17, 15) is 19.5 Å². The lowest BCUT2D eigenvalue weighted by Gasteiger charge is -2.31. The SMILES string of the molecule is O=C(N[C@@H](Cc1ccc(CC(=O)[C@H]2CCC[C@@H](NC3=NCCCN3)C2)cc1)C(=O)O)c1c(Cl)cccc1Cl. The summed E-state index contributed by atoms with van der Waals surface area (Å²) in [5, 5.41) is 19.2. The van der Waals surface area contributed by atoms with Crippen LogP contribution in [0, 0.1) is 5.92 Å². The number of rotatable bonds is 9. The Kier molecular flexibility index (Phi) is 9.63. The Bertz CT molecular complexity index is 1180. The van der Waals surface area contributed by atoms with Crippen molar-refractivity contribution in [2.75, 3.05) is 13.1 Å². The summed E-state index contributed by atoms with van der Waals surface area (Å²) in [6, 6.07) is 11.0. The molecule has 1 fully saturated rings. The van der Waals surface area contributed by atoms with Crippen LogP contribution in [0.3, 0.4) is 0 Å². The fourth-order valence-electron chi connectivity index (χ4n) is 4.96. The molecule has 2 aromatic carbocycles. The highest BCUT2D eigenvalue weighted by Gasteiger charge is 2.28. The van der Waals surface area contributed by atoms with Gasteiger partial charge in [-0.25, -0.2) is 4.79 Å². The second-order valence-electron chi connectivity index (χ2n) is 9.84. The Morgan fingerprint density at radius 1 is 1.03 bits per heavy atom. The van der Waals surface area contributed by atoms with Crippen molar-refractivity contribution in [3.05, 3.63) is 69.2 Å². The number of carbonyl (C=O) groups excluding carboxylic acids is 2. The molecule has 10 heteroatoms. The number of amides is 1. The lowest BCUT2D eigenvalue weighted by atomic mass is 9.81. The van der Waals surface area contributed by atoms with Gasteiger partial charge in [0, 0.05) is 37.9 Å². The number of nitrogens with one attached hydrogen (secondary N) is 3. The number of nitrogens with zero attached hydrogens (tertiary/aromatic N) is 1. The molecule has 4 rings (SSSR count). The molecule has 2 aromatic rings. The van der Waals surface area contributed by atoms with Gasteiger partial charge in [-0.05, 0) is 48.9 Å². The van der Waals surface area contributed by atoms with Crippen LogP contribution in [0.25, 0.3) is 0 Å². The first kappa shape index (κ1) is 27.9. The number of carboxylic acid groups (broad SMARTS) is 1. The second kappa shape index (κ2) is 13.1. The molecule has 0 aromatic heterocycles. The van der Waals surface area contributed by atoms with Crippen molar-refractivity contribution in [2.45, 2.75) is 57.0 Å². The van der Waals surface area contributed by atoms with E-state index in [0.717, 1.165) is 62.3 Å². The molecule has 0 bridgehead atoms. The summed E-state index contributed by atoms with van der Waals surface area (Å²) in [7, 11) is 0. The van der Waals surface area contributed by atoms with Gasteiger partial charge in [0.1, 0.15) is 11.8 Å². The number of carboxylic acids is 1.